The van der Waals surface area contributed by atoms with Gasteiger partial charge in [-0.2, -0.15) is 5.26 Å². The molecule has 0 bridgehead atoms. The van der Waals surface area contributed by atoms with Crippen molar-refractivity contribution in [1.29, 1.82) is 5.26 Å². The summed E-state index contributed by atoms with van der Waals surface area (Å²) in [4.78, 5) is 28.1. The van der Waals surface area contributed by atoms with Crippen LogP contribution in [0.1, 0.15) is 23.6 Å². The van der Waals surface area contributed by atoms with Crippen LogP contribution in [-0.4, -0.2) is 17.1 Å². The molecule has 0 radical (unpaired) electrons. The summed E-state index contributed by atoms with van der Waals surface area (Å²) >= 11 is 1.12. The maximum Gasteiger partial charge on any atom is 0.269 e. The zero-order valence-corrected chi connectivity index (χ0v) is 20.2. The number of hydrogen-bond donors (Lipinski definition) is 1. The predicted octanol–water partition coefficient (Wildman–Crippen LogP) is 5.76. The van der Waals surface area contributed by atoms with Crippen LogP contribution in [0.15, 0.2) is 83.4 Å². The zero-order chi connectivity index (χ0) is 24.9. The van der Waals surface area contributed by atoms with E-state index in [1.807, 2.05) is 44.2 Å². The summed E-state index contributed by atoms with van der Waals surface area (Å²) < 4.78 is 14.3. The van der Waals surface area contributed by atoms with E-state index in [1.165, 1.54) is 11.0 Å². The van der Waals surface area contributed by atoms with E-state index >= 15 is 0 Å². The molecule has 0 aromatic heterocycles. The minimum atomic E-state index is -0.678. The Morgan fingerprint density at radius 1 is 1.09 bits per heavy atom. The molecular formula is C28H24FN3O2S. The lowest BCUT2D eigenvalue weighted by molar-refractivity contribution is -0.117. The molecule has 5 nitrogen and oxygen atoms in total. The number of rotatable bonds is 6. The molecule has 2 amide bonds. The first-order valence-electron chi connectivity index (χ1n) is 11.3. The van der Waals surface area contributed by atoms with E-state index in [0.29, 0.717) is 16.9 Å². The first-order chi connectivity index (χ1) is 16.9. The highest BCUT2D eigenvalue weighted by Crippen LogP contribution is 2.42. The number of anilines is 2. The fourth-order valence-corrected chi connectivity index (χ4v) is 5.09. The second-order valence-electron chi connectivity index (χ2n) is 8.21. The molecule has 4 rings (SSSR count). The Hall–Kier alpha value is -3.89. The van der Waals surface area contributed by atoms with Crippen molar-refractivity contribution in [1.82, 2.24) is 0 Å². The van der Waals surface area contributed by atoms with Gasteiger partial charge < -0.3 is 5.32 Å². The zero-order valence-electron chi connectivity index (χ0n) is 19.4. The van der Waals surface area contributed by atoms with E-state index in [0.717, 1.165) is 29.3 Å². The van der Waals surface area contributed by atoms with Gasteiger partial charge in [-0.05, 0) is 61.2 Å². The lowest BCUT2D eigenvalue weighted by Crippen LogP contribution is -2.31. The fraction of sp³-hybridized carbons (Fsp3) is 0.179. The van der Waals surface area contributed by atoms with Gasteiger partial charge in [0.15, 0.2) is 0 Å². The third-order valence-electron chi connectivity index (χ3n) is 5.78. The summed E-state index contributed by atoms with van der Waals surface area (Å²) in [5.41, 5.74) is 3.48. The highest BCUT2D eigenvalue weighted by atomic mass is 32.2. The average molecular weight is 486 g/mol. The summed E-state index contributed by atoms with van der Waals surface area (Å²) in [5.74, 6) is -1.29. The monoisotopic (exact) mass is 485 g/mol. The Kier molecular flexibility index (Phi) is 7.33. The molecule has 0 aliphatic carbocycles. The molecule has 1 saturated heterocycles. The van der Waals surface area contributed by atoms with Crippen LogP contribution >= 0.6 is 11.8 Å². The van der Waals surface area contributed by atoms with E-state index in [2.05, 4.69) is 5.32 Å². The van der Waals surface area contributed by atoms with Gasteiger partial charge in [-0.3, -0.25) is 14.5 Å². The minimum Gasteiger partial charge on any atom is -0.321 e. The highest BCUT2D eigenvalue weighted by molar-refractivity contribution is 8.05. The van der Waals surface area contributed by atoms with Crippen LogP contribution in [0.2, 0.25) is 0 Å². The number of thioether (sulfide) groups is 1. The van der Waals surface area contributed by atoms with Crippen molar-refractivity contribution < 1.29 is 14.0 Å². The van der Waals surface area contributed by atoms with Gasteiger partial charge in [0.2, 0.25) is 5.91 Å². The molecule has 1 heterocycles. The second-order valence-corrected chi connectivity index (χ2v) is 9.40. The number of hydrogen-bond acceptors (Lipinski definition) is 4. The lowest BCUT2D eigenvalue weighted by atomic mass is 10.1. The predicted molar refractivity (Wildman–Crippen MR) is 137 cm³/mol. The number of nitriles is 1. The molecule has 1 unspecified atom stereocenters. The molecule has 1 aliphatic heterocycles. The van der Waals surface area contributed by atoms with Gasteiger partial charge >= 0.3 is 0 Å². The van der Waals surface area contributed by atoms with Crippen molar-refractivity contribution in [2.45, 2.75) is 31.9 Å². The maximum absolute atomic E-state index is 14.3. The largest absolute Gasteiger partial charge is 0.321 e. The van der Waals surface area contributed by atoms with Crippen molar-refractivity contribution >= 4 is 35.0 Å². The van der Waals surface area contributed by atoms with Crippen LogP contribution in [0.4, 0.5) is 15.8 Å². The first-order valence-corrected chi connectivity index (χ1v) is 12.1. The number of benzene rings is 3. The van der Waals surface area contributed by atoms with E-state index in [9.17, 15) is 19.2 Å². The highest BCUT2D eigenvalue weighted by Gasteiger charge is 2.41. The number of amides is 2. The normalized spacial score (nSPS) is 16.7. The van der Waals surface area contributed by atoms with Gasteiger partial charge in [0, 0.05) is 11.4 Å². The number of halogens is 1. The molecule has 1 atom stereocenters. The summed E-state index contributed by atoms with van der Waals surface area (Å²) in [6.45, 7) is 3.97. The number of carbonyl (C=O) groups excluding carboxylic acids is 2. The average Bonchev–Trinajstić information content (AvgIpc) is 3.18. The van der Waals surface area contributed by atoms with Gasteiger partial charge in [-0.15, -0.1) is 0 Å². The van der Waals surface area contributed by atoms with Crippen LogP contribution in [-0.2, 0) is 22.4 Å². The van der Waals surface area contributed by atoms with E-state index in [-0.39, 0.29) is 22.9 Å². The van der Waals surface area contributed by atoms with Gasteiger partial charge in [0.25, 0.3) is 5.91 Å². The van der Waals surface area contributed by atoms with Crippen molar-refractivity contribution in [3.8, 4) is 6.07 Å². The van der Waals surface area contributed by atoms with Crippen LogP contribution in [0, 0.1) is 24.1 Å². The molecule has 1 fully saturated rings. The molecule has 3 aromatic rings. The van der Waals surface area contributed by atoms with Crippen LogP contribution < -0.4 is 10.2 Å². The Morgan fingerprint density at radius 2 is 1.77 bits per heavy atom. The van der Waals surface area contributed by atoms with Crippen molar-refractivity contribution in [3.05, 3.63) is 106 Å². The molecule has 176 valence electrons. The SMILES string of the molecule is CCc1ccc(N2C(=O)C(Cc3ccccc3F)S/C2=C(/C#N)C(=O)Nc2ccc(C)cc2)cc1. The molecule has 1 N–H and O–H groups in total. The summed E-state index contributed by atoms with van der Waals surface area (Å²) in [6.07, 6.45) is 0.978. The Bertz CT molecular complexity index is 1330. The van der Waals surface area contributed by atoms with Crippen molar-refractivity contribution in [2.75, 3.05) is 10.2 Å². The van der Waals surface area contributed by atoms with E-state index in [4.69, 9.17) is 0 Å². The topological polar surface area (TPSA) is 73.2 Å². The quantitative estimate of drug-likeness (QED) is 0.356. The minimum absolute atomic E-state index is 0.140. The second kappa shape index (κ2) is 10.6. The number of aryl methyl sites for hydroxylation is 2. The van der Waals surface area contributed by atoms with Crippen LogP contribution in [0.25, 0.3) is 0 Å². The maximum atomic E-state index is 14.3. The third-order valence-corrected chi connectivity index (χ3v) is 7.04. The van der Waals surface area contributed by atoms with E-state index < -0.39 is 17.0 Å². The molecule has 35 heavy (non-hydrogen) atoms. The van der Waals surface area contributed by atoms with Crippen LogP contribution in [0.3, 0.4) is 0 Å². The van der Waals surface area contributed by atoms with Crippen molar-refractivity contribution in [2.24, 2.45) is 0 Å². The molecular weight excluding hydrogens is 461 g/mol. The Labute approximate surface area is 208 Å². The Morgan fingerprint density at radius 3 is 2.40 bits per heavy atom. The summed E-state index contributed by atoms with van der Waals surface area (Å²) in [6, 6.07) is 22.9. The number of nitrogens with one attached hydrogen (secondary N) is 1. The molecule has 7 heteroatoms. The number of carbonyl (C=O) groups is 2. The van der Waals surface area contributed by atoms with Crippen LogP contribution in [0.5, 0.6) is 0 Å². The van der Waals surface area contributed by atoms with Gasteiger partial charge in [-0.25, -0.2) is 4.39 Å². The molecule has 0 spiro atoms. The van der Waals surface area contributed by atoms with Gasteiger partial charge in [-0.1, -0.05) is 66.7 Å². The molecule has 0 saturated carbocycles. The fourth-order valence-electron chi connectivity index (χ4n) is 3.80. The number of nitrogens with zero attached hydrogens (tertiary/aromatic N) is 2. The lowest BCUT2D eigenvalue weighted by Gasteiger charge is -2.19. The van der Waals surface area contributed by atoms with E-state index in [1.54, 1.807) is 42.5 Å². The third kappa shape index (κ3) is 5.28. The Balaban J connectivity index is 1.73. The smallest absolute Gasteiger partial charge is 0.269 e. The van der Waals surface area contributed by atoms with Gasteiger partial charge in [0.05, 0.1) is 5.25 Å². The molecule has 3 aromatic carbocycles. The van der Waals surface area contributed by atoms with Gasteiger partial charge in [0.1, 0.15) is 22.5 Å². The standard InChI is InChI=1S/C28H24FN3O2S/c1-3-19-10-14-22(15-11-19)32-27(34)25(16-20-6-4-5-7-24(20)29)35-28(32)23(17-30)26(33)31-21-12-8-18(2)9-13-21/h4-15,25H,3,16H2,1-2H3,(H,31,33)/b28-23-. The summed E-state index contributed by atoms with van der Waals surface area (Å²) in [5, 5.41) is 12.3. The van der Waals surface area contributed by atoms with Crippen molar-refractivity contribution in [3.63, 3.8) is 0 Å². The molecule has 1 aliphatic rings. The first kappa shape index (κ1) is 24.2. The summed E-state index contributed by atoms with van der Waals surface area (Å²) in [7, 11) is 0.